The summed E-state index contributed by atoms with van der Waals surface area (Å²) in [5.74, 6) is 0.786. The molecule has 36 heavy (non-hydrogen) atoms. The van der Waals surface area contributed by atoms with E-state index in [9.17, 15) is 5.26 Å². The van der Waals surface area contributed by atoms with Gasteiger partial charge in [0.05, 0.1) is 22.7 Å². The first-order chi connectivity index (χ1) is 17.6. The zero-order valence-corrected chi connectivity index (χ0v) is 20.2. The van der Waals surface area contributed by atoms with Gasteiger partial charge in [0.2, 0.25) is 0 Å². The second-order valence-electron chi connectivity index (χ2n) is 8.99. The quantitative estimate of drug-likeness (QED) is 0.261. The van der Waals surface area contributed by atoms with Crippen molar-refractivity contribution in [2.24, 2.45) is 0 Å². The van der Waals surface area contributed by atoms with Gasteiger partial charge in [-0.05, 0) is 73.0 Å². The monoisotopic (exact) mass is 464 g/mol. The minimum atomic E-state index is 0.680. The van der Waals surface area contributed by atoms with Crippen LogP contribution in [0.15, 0.2) is 95.9 Å². The summed E-state index contributed by atoms with van der Waals surface area (Å²) in [7, 11) is 0. The van der Waals surface area contributed by atoms with Crippen LogP contribution in [0.5, 0.6) is 0 Å². The van der Waals surface area contributed by atoms with Crippen LogP contribution in [0.25, 0.3) is 61.7 Å². The van der Waals surface area contributed by atoms with E-state index in [1.54, 1.807) is 6.08 Å². The Morgan fingerprint density at radius 1 is 0.889 bits per heavy atom. The minimum absolute atomic E-state index is 0.680. The Morgan fingerprint density at radius 2 is 1.69 bits per heavy atom. The number of furan rings is 1. The number of aromatic nitrogens is 1. The predicted octanol–water partition coefficient (Wildman–Crippen LogP) is 9.05. The van der Waals surface area contributed by atoms with Crippen LogP contribution in [-0.4, -0.2) is 4.57 Å². The van der Waals surface area contributed by atoms with E-state index in [4.69, 9.17) is 4.42 Å². The SMILES string of the molecule is C=Cc1oc2cc3c(cc2c1/C=C\C)c1ccccc1n3-c1ccc(-c2ccc(C#N)cc2C)cc1. The Morgan fingerprint density at radius 3 is 2.42 bits per heavy atom. The number of hydrogen-bond acceptors (Lipinski definition) is 2. The molecule has 172 valence electrons. The molecule has 3 heteroatoms. The first kappa shape index (κ1) is 21.7. The highest BCUT2D eigenvalue weighted by Crippen LogP contribution is 2.38. The summed E-state index contributed by atoms with van der Waals surface area (Å²) in [4.78, 5) is 0. The molecule has 0 aliphatic heterocycles. The molecule has 0 aliphatic carbocycles. The molecule has 0 saturated heterocycles. The number of nitrogens with zero attached hydrogens (tertiary/aromatic N) is 2. The van der Waals surface area contributed by atoms with E-state index in [0.29, 0.717) is 5.56 Å². The largest absolute Gasteiger partial charge is 0.456 e. The van der Waals surface area contributed by atoms with Crippen molar-refractivity contribution in [3.05, 3.63) is 114 Å². The molecule has 0 fully saturated rings. The molecule has 0 radical (unpaired) electrons. The van der Waals surface area contributed by atoms with Crippen molar-refractivity contribution >= 4 is 44.9 Å². The third-order valence-electron chi connectivity index (χ3n) is 6.86. The average Bonchev–Trinajstić information content (AvgIpc) is 3.42. The lowest BCUT2D eigenvalue weighted by Crippen LogP contribution is -1.94. The van der Waals surface area contributed by atoms with Crippen molar-refractivity contribution in [1.29, 1.82) is 5.26 Å². The molecule has 0 spiro atoms. The van der Waals surface area contributed by atoms with Crippen LogP contribution in [-0.2, 0) is 0 Å². The van der Waals surface area contributed by atoms with Crippen molar-refractivity contribution in [3.63, 3.8) is 0 Å². The summed E-state index contributed by atoms with van der Waals surface area (Å²) in [6.45, 7) is 8.00. The molecule has 4 aromatic carbocycles. The molecule has 0 amide bonds. The summed E-state index contributed by atoms with van der Waals surface area (Å²) in [5.41, 5.74) is 9.27. The predicted molar refractivity (Wildman–Crippen MR) is 150 cm³/mol. The van der Waals surface area contributed by atoms with Crippen molar-refractivity contribution in [2.75, 3.05) is 0 Å². The summed E-state index contributed by atoms with van der Waals surface area (Å²) < 4.78 is 8.50. The Kier molecular flexibility index (Phi) is 5.09. The number of hydrogen-bond donors (Lipinski definition) is 0. The molecule has 0 aliphatic rings. The number of nitriles is 1. The summed E-state index contributed by atoms with van der Waals surface area (Å²) in [6, 6.07) is 29.6. The van der Waals surface area contributed by atoms with Gasteiger partial charge in [-0.2, -0.15) is 5.26 Å². The summed E-state index contributed by atoms with van der Waals surface area (Å²) in [5, 5.41) is 12.7. The second-order valence-corrected chi connectivity index (χ2v) is 8.99. The summed E-state index contributed by atoms with van der Waals surface area (Å²) >= 11 is 0. The first-order valence-corrected chi connectivity index (χ1v) is 12.0. The van der Waals surface area contributed by atoms with Crippen LogP contribution < -0.4 is 0 Å². The fourth-order valence-corrected chi connectivity index (χ4v) is 5.21. The molecule has 0 N–H and O–H groups in total. The Bertz CT molecular complexity index is 1870. The standard InChI is InChI=1S/C33H24N2O/c1-4-8-27-29-18-28-26-9-6-7-10-30(26)35(31(28)19-33(29)36-32(27)5-2)24-14-12-23(13-15-24)25-16-11-22(20-34)17-21(25)3/h4-19H,2H2,1,3H3/b8-4-. The maximum absolute atomic E-state index is 9.19. The van der Waals surface area contributed by atoms with E-state index in [1.165, 1.54) is 10.8 Å². The van der Waals surface area contributed by atoms with Crippen LogP contribution >= 0.6 is 0 Å². The van der Waals surface area contributed by atoms with Crippen LogP contribution in [0.1, 0.15) is 29.4 Å². The van der Waals surface area contributed by atoms with Gasteiger partial charge in [0.15, 0.2) is 0 Å². The normalized spacial score (nSPS) is 11.6. The molecule has 2 heterocycles. The van der Waals surface area contributed by atoms with E-state index in [1.807, 2.05) is 38.1 Å². The Balaban J connectivity index is 1.57. The highest BCUT2D eigenvalue weighted by Gasteiger charge is 2.17. The molecule has 2 aromatic heterocycles. The third-order valence-corrected chi connectivity index (χ3v) is 6.86. The third kappa shape index (κ3) is 3.27. The van der Waals surface area contributed by atoms with Gasteiger partial charge in [-0.15, -0.1) is 0 Å². The zero-order chi connectivity index (χ0) is 24.8. The smallest absolute Gasteiger partial charge is 0.137 e. The lowest BCUT2D eigenvalue weighted by atomic mass is 9.98. The van der Waals surface area contributed by atoms with Crippen LogP contribution in [0.3, 0.4) is 0 Å². The van der Waals surface area contributed by atoms with Gasteiger partial charge in [-0.25, -0.2) is 0 Å². The number of benzene rings is 4. The first-order valence-electron chi connectivity index (χ1n) is 12.0. The van der Waals surface area contributed by atoms with Crippen molar-refractivity contribution in [1.82, 2.24) is 4.57 Å². The topological polar surface area (TPSA) is 41.9 Å². The van der Waals surface area contributed by atoms with Crippen molar-refractivity contribution in [2.45, 2.75) is 13.8 Å². The lowest BCUT2D eigenvalue weighted by Gasteiger charge is -2.11. The molecule has 6 rings (SSSR count). The number of para-hydroxylation sites is 1. The van der Waals surface area contributed by atoms with Crippen LogP contribution in [0.4, 0.5) is 0 Å². The number of aryl methyl sites for hydroxylation is 1. The Hall–Kier alpha value is -4.81. The molecule has 0 atom stereocenters. The fraction of sp³-hybridized carbons (Fsp3) is 0.0606. The van der Waals surface area contributed by atoms with Crippen molar-refractivity contribution in [3.8, 4) is 22.9 Å². The Labute approximate surface area is 209 Å². The van der Waals surface area contributed by atoms with E-state index in [0.717, 1.165) is 55.7 Å². The van der Waals surface area contributed by atoms with Gasteiger partial charge in [0.1, 0.15) is 11.3 Å². The van der Waals surface area contributed by atoms with Gasteiger partial charge in [0, 0.05) is 33.5 Å². The number of fused-ring (bicyclic) bond motifs is 4. The number of allylic oxidation sites excluding steroid dienone is 1. The molecule has 6 aromatic rings. The van der Waals surface area contributed by atoms with E-state index < -0.39 is 0 Å². The van der Waals surface area contributed by atoms with Gasteiger partial charge in [0.25, 0.3) is 0 Å². The second kappa shape index (κ2) is 8.45. The zero-order valence-electron chi connectivity index (χ0n) is 20.2. The van der Waals surface area contributed by atoms with Crippen LogP contribution in [0.2, 0.25) is 0 Å². The van der Waals surface area contributed by atoms with Gasteiger partial charge in [-0.3, -0.25) is 0 Å². The molecule has 0 saturated carbocycles. The molecular weight excluding hydrogens is 440 g/mol. The van der Waals surface area contributed by atoms with E-state index in [2.05, 4.69) is 84.0 Å². The van der Waals surface area contributed by atoms with Gasteiger partial charge in [-0.1, -0.05) is 55.1 Å². The highest BCUT2D eigenvalue weighted by atomic mass is 16.3. The molecule has 0 bridgehead atoms. The van der Waals surface area contributed by atoms with Crippen LogP contribution in [0, 0.1) is 18.3 Å². The highest BCUT2D eigenvalue weighted by molar-refractivity contribution is 6.14. The van der Waals surface area contributed by atoms with E-state index in [-0.39, 0.29) is 0 Å². The number of rotatable bonds is 4. The summed E-state index contributed by atoms with van der Waals surface area (Å²) in [6.07, 6.45) is 5.88. The average molecular weight is 465 g/mol. The minimum Gasteiger partial charge on any atom is -0.456 e. The molecule has 3 nitrogen and oxygen atoms in total. The molecule has 0 unspecified atom stereocenters. The van der Waals surface area contributed by atoms with Gasteiger partial charge < -0.3 is 8.98 Å². The van der Waals surface area contributed by atoms with Crippen molar-refractivity contribution < 1.29 is 4.42 Å². The maximum Gasteiger partial charge on any atom is 0.137 e. The maximum atomic E-state index is 9.19. The van der Waals surface area contributed by atoms with E-state index >= 15 is 0 Å². The fourth-order valence-electron chi connectivity index (χ4n) is 5.21. The lowest BCUT2D eigenvalue weighted by molar-refractivity contribution is 0.604. The molecular formula is C33H24N2O. The van der Waals surface area contributed by atoms with Gasteiger partial charge >= 0.3 is 0 Å².